The largest absolute Gasteiger partial charge is 0.492 e. The number of ketones is 1. The van der Waals surface area contributed by atoms with Gasteiger partial charge in [-0.05, 0) is 35.9 Å². The Morgan fingerprint density at radius 1 is 1.25 bits per heavy atom. The lowest BCUT2D eigenvalue weighted by Gasteiger charge is -2.09. The summed E-state index contributed by atoms with van der Waals surface area (Å²) >= 11 is 3.37. The first kappa shape index (κ1) is 13.1. The summed E-state index contributed by atoms with van der Waals surface area (Å²) in [5, 5.41) is 0. The van der Waals surface area contributed by atoms with Crippen LogP contribution in [0.4, 0.5) is 10.1 Å². The van der Waals surface area contributed by atoms with Gasteiger partial charge in [-0.15, -0.1) is 0 Å². The van der Waals surface area contributed by atoms with Gasteiger partial charge in [-0.3, -0.25) is 4.79 Å². The quantitative estimate of drug-likeness (QED) is 0.676. The molecule has 2 aromatic carbocycles. The second-order valence-electron chi connectivity index (χ2n) is 4.61. The second kappa shape index (κ2) is 4.90. The molecule has 0 saturated carbocycles. The summed E-state index contributed by atoms with van der Waals surface area (Å²) in [4.78, 5) is 12.5. The van der Waals surface area contributed by atoms with E-state index in [1.165, 1.54) is 12.1 Å². The van der Waals surface area contributed by atoms with Crippen LogP contribution in [0.1, 0.15) is 21.5 Å². The molecule has 1 aliphatic rings. The van der Waals surface area contributed by atoms with Crippen LogP contribution in [-0.4, -0.2) is 12.4 Å². The highest BCUT2D eigenvalue weighted by atomic mass is 79.9. The van der Waals surface area contributed by atoms with Crippen molar-refractivity contribution in [3.63, 3.8) is 0 Å². The fourth-order valence-corrected chi connectivity index (χ4v) is 2.80. The monoisotopic (exact) mass is 335 g/mol. The molecule has 5 heteroatoms. The minimum atomic E-state index is -0.623. The number of ether oxygens (including phenoxy) is 1. The zero-order valence-electron chi connectivity index (χ0n) is 10.5. The predicted molar refractivity (Wildman–Crippen MR) is 77.6 cm³/mol. The number of hydrogen-bond donors (Lipinski definition) is 1. The minimum Gasteiger partial charge on any atom is -0.492 e. The fraction of sp³-hybridized carbons (Fsp3) is 0.133. The summed E-state index contributed by atoms with van der Waals surface area (Å²) in [7, 11) is 0. The molecule has 0 saturated heterocycles. The van der Waals surface area contributed by atoms with Crippen molar-refractivity contribution in [2.45, 2.75) is 6.42 Å². The molecule has 20 heavy (non-hydrogen) atoms. The van der Waals surface area contributed by atoms with Gasteiger partial charge in [0.1, 0.15) is 11.6 Å². The zero-order chi connectivity index (χ0) is 14.3. The van der Waals surface area contributed by atoms with E-state index in [2.05, 4.69) is 15.9 Å². The highest BCUT2D eigenvalue weighted by molar-refractivity contribution is 9.10. The number of fused-ring (bicyclic) bond motifs is 1. The molecule has 0 aromatic heterocycles. The van der Waals surface area contributed by atoms with Gasteiger partial charge in [0.05, 0.1) is 17.7 Å². The lowest BCUT2D eigenvalue weighted by Crippen LogP contribution is -2.07. The average Bonchev–Trinajstić information content (AvgIpc) is 2.85. The number of nitrogen functional groups attached to an aromatic ring is 1. The molecule has 0 unspecified atom stereocenters. The SMILES string of the molecule is Nc1ccc(C(=O)c2cc(Br)cc3c2OCC3)c(F)c1. The number of halogens is 2. The number of carbonyl (C=O) groups excluding carboxylic acids is 1. The zero-order valence-corrected chi connectivity index (χ0v) is 12.0. The van der Waals surface area contributed by atoms with Gasteiger partial charge in [-0.1, -0.05) is 15.9 Å². The lowest BCUT2D eigenvalue weighted by molar-refractivity contribution is 0.103. The summed E-state index contributed by atoms with van der Waals surface area (Å²) in [6.07, 6.45) is 0.749. The number of nitrogens with two attached hydrogens (primary N) is 1. The van der Waals surface area contributed by atoms with Gasteiger partial charge < -0.3 is 10.5 Å². The highest BCUT2D eigenvalue weighted by Crippen LogP contribution is 2.34. The van der Waals surface area contributed by atoms with Crippen molar-refractivity contribution in [2.24, 2.45) is 0 Å². The van der Waals surface area contributed by atoms with Crippen LogP contribution in [0.2, 0.25) is 0 Å². The van der Waals surface area contributed by atoms with Crippen molar-refractivity contribution in [3.05, 3.63) is 57.3 Å². The third kappa shape index (κ3) is 2.18. The number of anilines is 1. The fourth-order valence-electron chi connectivity index (χ4n) is 2.30. The third-order valence-corrected chi connectivity index (χ3v) is 3.69. The standard InChI is InChI=1S/C15H11BrFNO2/c16-9-5-8-3-4-20-15(8)12(6-9)14(19)11-2-1-10(18)7-13(11)17/h1-2,5-7H,3-4,18H2. The van der Waals surface area contributed by atoms with E-state index >= 15 is 0 Å². The van der Waals surface area contributed by atoms with Crippen LogP contribution in [0, 0.1) is 5.82 Å². The molecule has 102 valence electrons. The second-order valence-corrected chi connectivity index (χ2v) is 5.52. The predicted octanol–water partition coefficient (Wildman–Crippen LogP) is 3.34. The Morgan fingerprint density at radius 3 is 2.80 bits per heavy atom. The van der Waals surface area contributed by atoms with Crippen LogP contribution in [0.5, 0.6) is 5.75 Å². The Balaban J connectivity index is 2.11. The maximum atomic E-state index is 13.9. The first-order valence-electron chi connectivity index (χ1n) is 6.11. The van der Waals surface area contributed by atoms with Gasteiger partial charge in [-0.25, -0.2) is 4.39 Å². The third-order valence-electron chi connectivity index (χ3n) is 3.23. The van der Waals surface area contributed by atoms with Gasteiger partial charge in [0.25, 0.3) is 0 Å². The maximum absolute atomic E-state index is 13.9. The molecule has 0 spiro atoms. The summed E-state index contributed by atoms with van der Waals surface area (Å²) < 4.78 is 20.2. The molecule has 1 aliphatic heterocycles. The Labute approximate surface area is 123 Å². The molecular weight excluding hydrogens is 325 g/mol. The van der Waals surface area contributed by atoms with E-state index < -0.39 is 11.6 Å². The van der Waals surface area contributed by atoms with Crippen molar-refractivity contribution in [1.29, 1.82) is 0 Å². The number of hydrogen-bond acceptors (Lipinski definition) is 3. The Hall–Kier alpha value is -1.88. The first-order valence-corrected chi connectivity index (χ1v) is 6.90. The van der Waals surface area contributed by atoms with E-state index in [0.717, 1.165) is 22.5 Å². The molecule has 0 atom stereocenters. The average molecular weight is 336 g/mol. The van der Waals surface area contributed by atoms with Gasteiger partial charge in [0.15, 0.2) is 5.78 Å². The number of rotatable bonds is 2. The van der Waals surface area contributed by atoms with Crippen molar-refractivity contribution >= 4 is 27.4 Å². The normalized spacial score (nSPS) is 12.9. The van der Waals surface area contributed by atoms with Gasteiger partial charge >= 0.3 is 0 Å². The van der Waals surface area contributed by atoms with E-state index in [-0.39, 0.29) is 11.3 Å². The molecule has 0 amide bonds. The lowest BCUT2D eigenvalue weighted by atomic mass is 9.99. The molecule has 0 fully saturated rings. The van der Waals surface area contributed by atoms with Crippen molar-refractivity contribution in [3.8, 4) is 5.75 Å². The molecule has 0 radical (unpaired) electrons. The molecule has 0 aliphatic carbocycles. The summed E-state index contributed by atoms with van der Waals surface area (Å²) in [6, 6.07) is 7.62. The molecule has 2 aromatic rings. The molecule has 1 heterocycles. The van der Waals surface area contributed by atoms with Crippen LogP contribution in [-0.2, 0) is 6.42 Å². The molecule has 2 N–H and O–H groups in total. The first-order chi connectivity index (χ1) is 9.56. The van der Waals surface area contributed by atoms with Gasteiger partial charge in [0, 0.05) is 16.6 Å². The van der Waals surface area contributed by atoms with Crippen LogP contribution in [0.15, 0.2) is 34.8 Å². The number of carbonyl (C=O) groups is 1. The van der Waals surface area contributed by atoms with Crippen LogP contribution in [0.3, 0.4) is 0 Å². The van der Waals surface area contributed by atoms with Crippen molar-refractivity contribution in [2.75, 3.05) is 12.3 Å². The van der Waals surface area contributed by atoms with Gasteiger partial charge in [0.2, 0.25) is 0 Å². The number of benzene rings is 2. The van der Waals surface area contributed by atoms with E-state index in [1.807, 2.05) is 6.07 Å². The van der Waals surface area contributed by atoms with E-state index in [0.29, 0.717) is 17.9 Å². The molecular formula is C15H11BrFNO2. The van der Waals surface area contributed by atoms with E-state index in [1.54, 1.807) is 6.07 Å². The van der Waals surface area contributed by atoms with Crippen molar-refractivity contribution in [1.82, 2.24) is 0 Å². The van der Waals surface area contributed by atoms with Gasteiger partial charge in [-0.2, -0.15) is 0 Å². The van der Waals surface area contributed by atoms with Crippen LogP contribution < -0.4 is 10.5 Å². The minimum absolute atomic E-state index is 0.00463. The Bertz CT molecular complexity index is 715. The van der Waals surface area contributed by atoms with E-state index in [4.69, 9.17) is 10.5 Å². The molecule has 3 nitrogen and oxygen atoms in total. The molecule has 3 rings (SSSR count). The van der Waals surface area contributed by atoms with Crippen LogP contribution >= 0.6 is 15.9 Å². The molecule has 0 bridgehead atoms. The Kier molecular flexibility index (Phi) is 3.22. The van der Waals surface area contributed by atoms with E-state index in [9.17, 15) is 9.18 Å². The topological polar surface area (TPSA) is 52.3 Å². The van der Waals surface area contributed by atoms with Crippen molar-refractivity contribution < 1.29 is 13.9 Å². The Morgan fingerprint density at radius 2 is 2.05 bits per heavy atom. The summed E-state index contributed by atoms with van der Waals surface area (Å²) in [6.45, 7) is 0.538. The van der Waals surface area contributed by atoms with Crippen LogP contribution in [0.25, 0.3) is 0 Å². The summed E-state index contributed by atoms with van der Waals surface area (Å²) in [5.41, 5.74) is 7.11. The smallest absolute Gasteiger partial charge is 0.199 e. The summed E-state index contributed by atoms with van der Waals surface area (Å²) in [5.74, 6) is -0.474. The highest BCUT2D eigenvalue weighted by Gasteiger charge is 2.24. The maximum Gasteiger partial charge on any atom is 0.199 e.